The number of phenols is 1. The molecule has 0 aliphatic carbocycles. The van der Waals surface area contributed by atoms with E-state index < -0.39 is 23.3 Å². The molecule has 4 saturated heterocycles. The van der Waals surface area contributed by atoms with E-state index in [4.69, 9.17) is 37.7 Å². The van der Waals surface area contributed by atoms with E-state index in [1.54, 1.807) is 0 Å². The maximum atomic E-state index is 17.1. The van der Waals surface area contributed by atoms with Crippen molar-refractivity contribution in [2.75, 3.05) is 37.7 Å². The molecular formula is C33H30Cl2F3N5O3. The van der Waals surface area contributed by atoms with Gasteiger partial charge < -0.3 is 24.8 Å². The molecule has 4 fully saturated rings. The number of hydrogen-bond acceptors (Lipinski definition) is 8. The van der Waals surface area contributed by atoms with Crippen molar-refractivity contribution in [3.8, 4) is 28.6 Å². The summed E-state index contributed by atoms with van der Waals surface area (Å²) in [5, 5.41) is 14.9. The Morgan fingerprint density at radius 3 is 2.85 bits per heavy atom. The predicted octanol–water partition coefficient (Wildman–Crippen LogP) is 6.40. The second kappa shape index (κ2) is 10.4. The highest BCUT2D eigenvalue weighted by molar-refractivity contribution is 6.39. The number of fused-ring (bicyclic) bond motifs is 7. The zero-order chi connectivity index (χ0) is 31.5. The molecule has 1 aromatic heterocycles. The molecular weight excluding hydrogens is 642 g/mol. The van der Waals surface area contributed by atoms with Gasteiger partial charge in [-0.05, 0) is 61.4 Å². The van der Waals surface area contributed by atoms with Crippen LogP contribution in [0.3, 0.4) is 0 Å². The Balaban J connectivity index is 1.26. The zero-order valence-electron chi connectivity index (χ0n) is 24.6. The van der Waals surface area contributed by atoms with E-state index in [1.165, 1.54) is 24.3 Å². The fourth-order valence-electron chi connectivity index (χ4n) is 8.61. The lowest BCUT2D eigenvalue weighted by atomic mass is 9.95. The summed E-state index contributed by atoms with van der Waals surface area (Å²) >= 11 is 13.5. The van der Waals surface area contributed by atoms with Gasteiger partial charge in [-0.1, -0.05) is 29.3 Å². The van der Waals surface area contributed by atoms with Gasteiger partial charge in [0.1, 0.15) is 42.3 Å². The van der Waals surface area contributed by atoms with Gasteiger partial charge in [-0.2, -0.15) is 9.97 Å². The molecule has 9 rings (SSSR count). The monoisotopic (exact) mass is 671 g/mol. The third kappa shape index (κ3) is 4.20. The van der Waals surface area contributed by atoms with E-state index in [9.17, 15) is 13.9 Å². The summed E-state index contributed by atoms with van der Waals surface area (Å²) < 4.78 is 59.1. The third-order valence-electron chi connectivity index (χ3n) is 10.7. The molecule has 5 aliphatic heterocycles. The summed E-state index contributed by atoms with van der Waals surface area (Å²) in [5.41, 5.74) is -0.582. The first-order valence-electron chi connectivity index (χ1n) is 15.7. The summed E-state index contributed by atoms with van der Waals surface area (Å²) in [6.07, 6.45) is 3.14. The van der Waals surface area contributed by atoms with Crippen LogP contribution in [0.4, 0.5) is 19.0 Å². The third-order valence-corrected chi connectivity index (χ3v) is 11.4. The van der Waals surface area contributed by atoms with Crippen molar-refractivity contribution in [3.63, 3.8) is 0 Å². The highest BCUT2D eigenvalue weighted by atomic mass is 35.5. The standard InChI is InChI=1S/C33H30Cl2F3N5O3/c34-26-20(37)4-2-15-8-18(44)9-19(23(15)26)24-27(35)30-25-29(28(24)38)40-32(46-14-33-6-1-7-42(33)11-16(36)10-33)41-31(25)43-12-17-3-5-21(39-17)22(43)13-45-30/h2,4,8-9,16-17,21-22,39,44H,1,3,5-7,10-14H2/t16-,17-,21+,22-,33+/m1/s1. The molecule has 46 heavy (non-hydrogen) atoms. The lowest BCUT2D eigenvalue weighted by Crippen LogP contribution is -2.60. The van der Waals surface area contributed by atoms with Crippen molar-refractivity contribution in [1.29, 1.82) is 0 Å². The summed E-state index contributed by atoms with van der Waals surface area (Å²) in [6.45, 7) is 2.23. The lowest BCUT2D eigenvalue weighted by Gasteiger charge is -2.40. The number of rotatable bonds is 4. The minimum atomic E-state index is -0.932. The van der Waals surface area contributed by atoms with Gasteiger partial charge >= 0.3 is 6.01 Å². The quantitative estimate of drug-likeness (QED) is 0.258. The fourth-order valence-corrected chi connectivity index (χ4v) is 9.22. The predicted molar refractivity (Wildman–Crippen MR) is 169 cm³/mol. The van der Waals surface area contributed by atoms with Crippen LogP contribution in [0.15, 0.2) is 24.3 Å². The summed E-state index contributed by atoms with van der Waals surface area (Å²) in [7, 11) is 0. The summed E-state index contributed by atoms with van der Waals surface area (Å²) in [5.74, 6) is -1.03. The molecule has 8 nitrogen and oxygen atoms in total. The Labute approximate surface area is 272 Å². The molecule has 4 aromatic rings. The molecule has 0 spiro atoms. The molecule has 6 heterocycles. The molecule has 0 unspecified atom stereocenters. The first kappa shape index (κ1) is 28.9. The topological polar surface area (TPSA) is 83.0 Å². The number of ether oxygens (including phenoxy) is 2. The van der Waals surface area contributed by atoms with E-state index in [0.717, 1.165) is 32.2 Å². The number of benzene rings is 3. The van der Waals surface area contributed by atoms with Gasteiger partial charge in [0.2, 0.25) is 0 Å². The average molecular weight is 673 g/mol. The smallest absolute Gasteiger partial charge is 0.319 e. The Hall–Kier alpha value is -3.25. The largest absolute Gasteiger partial charge is 0.508 e. The van der Waals surface area contributed by atoms with Crippen LogP contribution in [-0.4, -0.2) is 82.7 Å². The molecule has 0 radical (unpaired) electrons. The van der Waals surface area contributed by atoms with Crippen molar-refractivity contribution in [1.82, 2.24) is 20.2 Å². The van der Waals surface area contributed by atoms with Crippen molar-refractivity contribution in [2.24, 2.45) is 0 Å². The Morgan fingerprint density at radius 2 is 1.98 bits per heavy atom. The van der Waals surface area contributed by atoms with Crippen LogP contribution in [0.25, 0.3) is 32.8 Å². The van der Waals surface area contributed by atoms with Crippen molar-refractivity contribution < 1.29 is 27.8 Å². The first-order chi connectivity index (χ1) is 22.2. The van der Waals surface area contributed by atoms with Crippen molar-refractivity contribution in [3.05, 3.63) is 45.9 Å². The SMILES string of the molecule is Oc1cc(-c2c(Cl)c3c4c(nc(OC[C@@]56CCCN5C[C@H](F)C6)nc4c2F)N2C[C@H]4CC[C@H](N4)[C@H]2CO3)c2c(Cl)c(F)ccc2c1. The fraction of sp³-hybridized carbons (Fsp3) is 0.455. The molecule has 0 amide bonds. The normalized spacial score (nSPS) is 28.4. The number of nitrogens with zero attached hydrogens (tertiary/aromatic N) is 4. The van der Waals surface area contributed by atoms with E-state index >= 15 is 4.39 Å². The Morgan fingerprint density at radius 1 is 1.11 bits per heavy atom. The maximum absolute atomic E-state index is 17.1. The molecule has 240 valence electrons. The van der Waals surface area contributed by atoms with Crippen LogP contribution in [0, 0.1) is 11.6 Å². The molecule has 13 heteroatoms. The second-order valence-electron chi connectivity index (χ2n) is 13.3. The minimum Gasteiger partial charge on any atom is -0.508 e. The molecule has 5 aliphatic rings. The molecule has 0 saturated carbocycles. The Kier molecular flexibility index (Phi) is 6.52. The van der Waals surface area contributed by atoms with Crippen LogP contribution in [0.5, 0.6) is 17.5 Å². The van der Waals surface area contributed by atoms with Crippen LogP contribution in [0.1, 0.15) is 32.1 Å². The maximum Gasteiger partial charge on any atom is 0.319 e. The average Bonchev–Trinajstić information content (AvgIpc) is 3.66. The van der Waals surface area contributed by atoms with Gasteiger partial charge in [0.15, 0.2) is 11.6 Å². The molecule has 5 atom stereocenters. The van der Waals surface area contributed by atoms with Crippen molar-refractivity contribution in [2.45, 2.75) is 61.9 Å². The van der Waals surface area contributed by atoms with Gasteiger partial charge in [-0.25, -0.2) is 13.2 Å². The molecule has 2 bridgehead atoms. The van der Waals surface area contributed by atoms with Gasteiger partial charge in [-0.15, -0.1) is 0 Å². The molecule has 3 aromatic carbocycles. The number of anilines is 1. The van der Waals surface area contributed by atoms with Crippen molar-refractivity contribution >= 4 is 50.7 Å². The lowest BCUT2D eigenvalue weighted by molar-refractivity contribution is 0.107. The van der Waals surface area contributed by atoms with Crippen LogP contribution >= 0.6 is 23.2 Å². The number of halogens is 5. The van der Waals surface area contributed by atoms with Crippen LogP contribution in [0.2, 0.25) is 10.0 Å². The van der Waals surface area contributed by atoms with E-state index in [0.29, 0.717) is 36.1 Å². The zero-order valence-corrected chi connectivity index (χ0v) is 26.1. The number of hydrogen-bond donors (Lipinski definition) is 2. The van der Waals surface area contributed by atoms with Gasteiger partial charge in [0.25, 0.3) is 0 Å². The highest BCUT2D eigenvalue weighted by Crippen LogP contribution is 2.51. The number of aromatic nitrogens is 2. The van der Waals surface area contributed by atoms with Gasteiger partial charge in [0.05, 0.1) is 27.0 Å². The molecule has 2 N–H and O–H groups in total. The van der Waals surface area contributed by atoms with E-state index in [-0.39, 0.29) is 80.9 Å². The van der Waals surface area contributed by atoms with Crippen LogP contribution in [-0.2, 0) is 0 Å². The summed E-state index contributed by atoms with van der Waals surface area (Å²) in [6, 6.07) is 5.60. The number of nitrogens with one attached hydrogen (secondary N) is 1. The first-order valence-corrected chi connectivity index (χ1v) is 16.5. The van der Waals surface area contributed by atoms with E-state index in [2.05, 4.69) is 20.1 Å². The van der Waals surface area contributed by atoms with Gasteiger partial charge in [0, 0.05) is 42.5 Å². The van der Waals surface area contributed by atoms with Crippen LogP contribution < -0.4 is 19.7 Å². The number of piperazine rings is 1. The second-order valence-corrected chi connectivity index (χ2v) is 14.0. The Bertz CT molecular complexity index is 1950. The summed E-state index contributed by atoms with van der Waals surface area (Å²) in [4.78, 5) is 13.8. The van der Waals surface area contributed by atoms with Gasteiger partial charge in [-0.3, -0.25) is 4.90 Å². The minimum absolute atomic E-state index is 0.0273. The van der Waals surface area contributed by atoms with E-state index in [1.807, 2.05) is 0 Å². The number of alkyl halides is 1. The highest BCUT2D eigenvalue weighted by Gasteiger charge is 2.50. The number of phenolic OH excluding ortho intramolecular Hbond substituents is 1. The number of aromatic hydroxyl groups is 1.